The summed E-state index contributed by atoms with van der Waals surface area (Å²) in [6.07, 6.45) is 12.3. The number of piperazine rings is 1. The predicted molar refractivity (Wildman–Crippen MR) is 122 cm³/mol. The van der Waals surface area contributed by atoms with Crippen LogP contribution in [0.5, 0.6) is 5.75 Å². The van der Waals surface area contributed by atoms with E-state index < -0.39 is 5.97 Å². The van der Waals surface area contributed by atoms with Gasteiger partial charge in [-0.15, -0.1) is 0 Å². The van der Waals surface area contributed by atoms with Crippen molar-refractivity contribution in [1.82, 2.24) is 9.88 Å². The van der Waals surface area contributed by atoms with Gasteiger partial charge in [0.05, 0.1) is 12.5 Å². The first-order valence-electron chi connectivity index (χ1n) is 12.2. The normalized spacial score (nSPS) is 26.3. The second-order valence-corrected chi connectivity index (χ2v) is 9.59. The number of anilines is 1. The lowest BCUT2D eigenvalue weighted by Gasteiger charge is -2.36. The Bertz CT molecular complexity index is 724. The average Bonchev–Trinajstić information content (AvgIpc) is 3.22. The molecule has 1 saturated heterocycles. The van der Waals surface area contributed by atoms with E-state index in [1.54, 1.807) is 0 Å². The van der Waals surface area contributed by atoms with Gasteiger partial charge in [-0.3, -0.25) is 9.69 Å². The van der Waals surface area contributed by atoms with E-state index in [9.17, 15) is 4.79 Å². The maximum absolute atomic E-state index is 9.98. The molecule has 1 aromatic heterocycles. The highest BCUT2D eigenvalue weighted by Crippen LogP contribution is 2.34. The summed E-state index contributed by atoms with van der Waals surface area (Å²) in [6, 6.07) is 2.56. The van der Waals surface area contributed by atoms with Crippen molar-refractivity contribution in [3.8, 4) is 5.75 Å². The van der Waals surface area contributed by atoms with E-state index in [0.29, 0.717) is 6.04 Å². The Morgan fingerprint density at radius 1 is 1.13 bits per heavy atom. The zero-order valence-electron chi connectivity index (χ0n) is 18.7. The van der Waals surface area contributed by atoms with E-state index in [0.717, 1.165) is 76.0 Å². The van der Waals surface area contributed by atoms with Crippen molar-refractivity contribution in [3.63, 3.8) is 0 Å². The number of hydrogen-bond donors (Lipinski definition) is 2. The number of rotatable bonds is 5. The molecule has 2 aliphatic heterocycles. The minimum Gasteiger partial charge on any atom is -0.489 e. The summed E-state index contributed by atoms with van der Waals surface area (Å²) < 4.78 is 5.82. The van der Waals surface area contributed by atoms with Crippen LogP contribution in [0.4, 0.5) is 5.82 Å². The van der Waals surface area contributed by atoms with Crippen LogP contribution in [0.3, 0.4) is 0 Å². The minimum atomic E-state index is -0.619. The fourth-order valence-electron chi connectivity index (χ4n) is 5.00. The van der Waals surface area contributed by atoms with Crippen LogP contribution < -0.4 is 15.4 Å². The molecule has 1 aromatic rings. The molecule has 0 spiro atoms. The van der Waals surface area contributed by atoms with E-state index in [4.69, 9.17) is 15.6 Å². The van der Waals surface area contributed by atoms with E-state index in [1.807, 2.05) is 6.20 Å². The smallest absolute Gasteiger partial charge is 0.306 e. The van der Waals surface area contributed by atoms with Crippen LogP contribution in [0, 0.1) is 11.8 Å². The fourth-order valence-corrected chi connectivity index (χ4v) is 5.00. The quantitative estimate of drug-likeness (QED) is 0.742. The maximum atomic E-state index is 9.98. The number of nitrogens with two attached hydrogens (primary N) is 1. The Balaban J connectivity index is 0.000000282. The molecule has 3 N–H and O–H groups in total. The summed E-state index contributed by atoms with van der Waals surface area (Å²) in [5, 5.41) is 8.23. The number of pyridine rings is 1. The van der Waals surface area contributed by atoms with Gasteiger partial charge in [0.2, 0.25) is 0 Å². The van der Waals surface area contributed by atoms with Gasteiger partial charge in [0, 0.05) is 50.4 Å². The number of aliphatic carboxylic acids is 1. The highest BCUT2D eigenvalue weighted by Gasteiger charge is 2.26. The van der Waals surface area contributed by atoms with Gasteiger partial charge in [-0.1, -0.05) is 6.42 Å². The fraction of sp³-hybridized carbons (Fsp3) is 0.750. The molecule has 3 fully saturated rings. The van der Waals surface area contributed by atoms with Gasteiger partial charge in [-0.2, -0.15) is 0 Å². The van der Waals surface area contributed by atoms with Gasteiger partial charge in [0.25, 0.3) is 0 Å². The molecule has 2 saturated carbocycles. The molecule has 5 rings (SSSR count). The first-order valence-corrected chi connectivity index (χ1v) is 12.2. The van der Waals surface area contributed by atoms with Crippen molar-refractivity contribution >= 4 is 11.8 Å². The highest BCUT2D eigenvalue weighted by atomic mass is 16.5. The molecule has 0 amide bonds. The largest absolute Gasteiger partial charge is 0.489 e. The number of carboxylic acid groups (broad SMARTS) is 1. The summed E-state index contributed by atoms with van der Waals surface area (Å²) in [6.45, 7) is 6.43. The van der Waals surface area contributed by atoms with Gasteiger partial charge < -0.3 is 20.5 Å². The first-order chi connectivity index (χ1) is 15.1. The summed E-state index contributed by atoms with van der Waals surface area (Å²) in [5.41, 5.74) is 7.33. The molecule has 172 valence electrons. The zero-order valence-corrected chi connectivity index (χ0v) is 18.7. The lowest BCUT2D eigenvalue weighted by molar-refractivity contribution is -0.144. The molecule has 0 bridgehead atoms. The molecule has 0 atom stereocenters. The summed E-state index contributed by atoms with van der Waals surface area (Å²) in [7, 11) is 0. The third-order valence-corrected chi connectivity index (χ3v) is 7.46. The van der Waals surface area contributed by atoms with Crippen molar-refractivity contribution < 1.29 is 14.6 Å². The SMILES string of the molecule is NC1CCC(CCN2CCN(c3nccc4c3OCC4)CC2)CC1.O=C(O)C1CCC1. The molecule has 7 heteroatoms. The van der Waals surface area contributed by atoms with Crippen LogP contribution in [0.15, 0.2) is 12.3 Å². The molecule has 0 aromatic carbocycles. The third kappa shape index (κ3) is 5.89. The number of carboxylic acids is 1. The number of fused-ring (bicyclic) bond motifs is 1. The highest BCUT2D eigenvalue weighted by molar-refractivity contribution is 5.70. The van der Waals surface area contributed by atoms with Crippen molar-refractivity contribution in [2.75, 3.05) is 44.2 Å². The Hall–Kier alpha value is -1.86. The Morgan fingerprint density at radius 3 is 2.48 bits per heavy atom. The second-order valence-electron chi connectivity index (χ2n) is 9.59. The van der Waals surface area contributed by atoms with Gasteiger partial charge in [-0.25, -0.2) is 4.98 Å². The van der Waals surface area contributed by atoms with Gasteiger partial charge >= 0.3 is 5.97 Å². The van der Waals surface area contributed by atoms with Crippen LogP contribution >= 0.6 is 0 Å². The van der Waals surface area contributed by atoms with E-state index >= 15 is 0 Å². The monoisotopic (exact) mass is 430 g/mol. The van der Waals surface area contributed by atoms with Crippen molar-refractivity contribution in [3.05, 3.63) is 17.8 Å². The third-order valence-electron chi connectivity index (χ3n) is 7.46. The number of ether oxygens (including phenoxy) is 1. The maximum Gasteiger partial charge on any atom is 0.306 e. The summed E-state index contributed by atoms with van der Waals surface area (Å²) >= 11 is 0. The number of nitrogens with zero attached hydrogens (tertiary/aromatic N) is 3. The van der Waals surface area contributed by atoms with Crippen molar-refractivity contribution in [2.24, 2.45) is 17.6 Å². The predicted octanol–water partition coefficient (Wildman–Crippen LogP) is 2.92. The Morgan fingerprint density at radius 2 is 1.87 bits per heavy atom. The number of hydrogen-bond acceptors (Lipinski definition) is 6. The molecule has 3 heterocycles. The molecule has 4 aliphatic rings. The zero-order chi connectivity index (χ0) is 21.6. The number of aromatic nitrogens is 1. The molecule has 2 aliphatic carbocycles. The van der Waals surface area contributed by atoms with Crippen LogP contribution in [-0.4, -0.2) is 66.3 Å². The lowest BCUT2D eigenvalue weighted by atomic mass is 9.84. The summed E-state index contributed by atoms with van der Waals surface area (Å²) in [4.78, 5) is 19.6. The Kier molecular flexibility index (Phi) is 7.67. The van der Waals surface area contributed by atoms with Crippen molar-refractivity contribution in [1.29, 1.82) is 0 Å². The number of carbonyl (C=O) groups is 1. The van der Waals surface area contributed by atoms with Gasteiger partial charge in [-0.05, 0) is 63.5 Å². The van der Waals surface area contributed by atoms with Gasteiger partial charge in [0.15, 0.2) is 11.6 Å². The van der Waals surface area contributed by atoms with E-state index in [1.165, 1.54) is 44.2 Å². The van der Waals surface area contributed by atoms with Crippen LogP contribution in [0.25, 0.3) is 0 Å². The lowest BCUT2D eigenvalue weighted by Crippen LogP contribution is -2.47. The molecule has 0 radical (unpaired) electrons. The van der Waals surface area contributed by atoms with E-state index in [-0.39, 0.29) is 5.92 Å². The molecular formula is C24H38N4O3. The van der Waals surface area contributed by atoms with Gasteiger partial charge in [0.1, 0.15) is 0 Å². The summed E-state index contributed by atoms with van der Waals surface area (Å²) in [5.74, 6) is 2.37. The van der Waals surface area contributed by atoms with Crippen LogP contribution in [0.2, 0.25) is 0 Å². The standard InChI is InChI=1S/C19H30N4O.C5H8O2/c20-17-3-1-15(2-4-17)6-9-22-10-12-23(13-11-22)19-18-16(5-8-21-19)7-14-24-18;6-5(7)4-2-1-3-4/h5,8,15,17H,1-4,6-7,9-14,20H2;4H,1-3H2,(H,6,7). The average molecular weight is 431 g/mol. The van der Waals surface area contributed by atoms with Crippen molar-refractivity contribution in [2.45, 2.75) is 63.8 Å². The minimum absolute atomic E-state index is 0.000000000000000444. The van der Waals surface area contributed by atoms with E-state index in [2.05, 4.69) is 20.9 Å². The Labute approximate surface area is 185 Å². The second kappa shape index (κ2) is 10.6. The molecule has 7 nitrogen and oxygen atoms in total. The van der Waals surface area contributed by atoms with Crippen LogP contribution in [-0.2, 0) is 11.2 Å². The van der Waals surface area contributed by atoms with Crippen LogP contribution in [0.1, 0.15) is 56.9 Å². The topological polar surface area (TPSA) is 91.9 Å². The molecule has 31 heavy (non-hydrogen) atoms. The molecule has 0 unspecified atom stereocenters. The first kappa shape index (κ1) is 22.3. The molecular weight excluding hydrogens is 392 g/mol.